The van der Waals surface area contributed by atoms with E-state index in [-0.39, 0.29) is 0 Å². The van der Waals surface area contributed by atoms with E-state index in [1.165, 1.54) is 6.33 Å². The van der Waals surface area contributed by atoms with E-state index in [4.69, 9.17) is 11.6 Å². The minimum Gasteiger partial charge on any atom is -0.365 e. The number of halogens is 1. The number of hydrogen-bond acceptors (Lipinski definition) is 5. The zero-order valence-corrected chi connectivity index (χ0v) is 9.64. The highest BCUT2D eigenvalue weighted by molar-refractivity contribution is 7.09. The Balaban J connectivity index is 2.08. The molecule has 0 aliphatic carbocycles. The van der Waals surface area contributed by atoms with Crippen LogP contribution in [-0.2, 0) is 6.54 Å². The van der Waals surface area contributed by atoms with Gasteiger partial charge in [0.2, 0.25) is 0 Å². The number of rotatable bonds is 3. The molecule has 6 heteroatoms. The van der Waals surface area contributed by atoms with Crippen LogP contribution < -0.4 is 5.32 Å². The van der Waals surface area contributed by atoms with E-state index >= 15 is 0 Å². The molecule has 0 aliphatic rings. The van der Waals surface area contributed by atoms with Gasteiger partial charge in [-0.25, -0.2) is 9.97 Å². The first-order valence-electron chi connectivity index (χ1n) is 4.35. The summed E-state index contributed by atoms with van der Waals surface area (Å²) in [6, 6.07) is 0. The first-order valence-corrected chi connectivity index (χ1v) is 5.61. The molecule has 0 aliphatic heterocycles. The SMILES string of the molecule is Cc1c(Cl)ncnc1NCc1cncs1. The highest BCUT2D eigenvalue weighted by Gasteiger charge is 2.04. The molecule has 0 saturated heterocycles. The van der Waals surface area contributed by atoms with Gasteiger partial charge in [-0.3, -0.25) is 4.98 Å². The molecule has 1 N–H and O–H groups in total. The maximum atomic E-state index is 5.87. The normalized spacial score (nSPS) is 10.3. The molecule has 78 valence electrons. The van der Waals surface area contributed by atoms with Gasteiger partial charge in [-0.15, -0.1) is 11.3 Å². The molecule has 0 saturated carbocycles. The highest BCUT2D eigenvalue weighted by Crippen LogP contribution is 2.18. The molecule has 2 aromatic rings. The van der Waals surface area contributed by atoms with Crippen LogP contribution in [0, 0.1) is 6.92 Å². The molecule has 4 nitrogen and oxygen atoms in total. The van der Waals surface area contributed by atoms with Gasteiger partial charge < -0.3 is 5.32 Å². The molecule has 0 atom stereocenters. The molecular weight excluding hydrogens is 232 g/mol. The Morgan fingerprint density at radius 1 is 1.47 bits per heavy atom. The summed E-state index contributed by atoms with van der Waals surface area (Å²) in [6.45, 7) is 2.59. The lowest BCUT2D eigenvalue weighted by Crippen LogP contribution is -2.02. The predicted octanol–water partition coefficient (Wildman–Crippen LogP) is 2.51. The van der Waals surface area contributed by atoms with Gasteiger partial charge >= 0.3 is 0 Å². The zero-order chi connectivity index (χ0) is 10.7. The Labute approximate surface area is 96.4 Å². The largest absolute Gasteiger partial charge is 0.365 e. The van der Waals surface area contributed by atoms with Gasteiger partial charge in [0, 0.05) is 16.6 Å². The summed E-state index contributed by atoms with van der Waals surface area (Å²) in [4.78, 5) is 13.2. The fourth-order valence-corrected chi connectivity index (χ4v) is 1.77. The van der Waals surface area contributed by atoms with Crippen molar-refractivity contribution in [2.45, 2.75) is 13.5 Å². The third-order valence-electron chi connectivity index (χ3n) is 1.94. The summed E-state index contributed by atoms with van der Waals surface area (Å²) in [5, 5.41) is 3.67. The quantitative estimate of drug-likeness (QED) is 0.838. The van der Waals surface area contributed by atoms with Crippen molar-refractivity contribution in [2.75, 3.05) is 5.32 Å². The van der Waals surface area contributed by atoms with E-state index in [1.807, 2.05) is 13.1 Å². The van der Waals surface area contributed by atoms with Crippen LogP contribution in [0.25, 0.3) is 0 Å². The second kappa shape index (κ2) is 4.55. The summed E-state index contributed by atoms with van der Waals surface area (Å²) < 4.78 is 0. The Hall–Kier alpha value is -1.20. The summed E-state index contributed by atoms with van der Waals surface area (Å²) in [7, 11) is 0. The zero-order valence-electron chi connectivity index (χ0n) is 8.07. The van der Waals surface area contributed by atoms with Crippen molar-refractivity contribution in [1.82, 2.24) is 15.0 Å². The van der Waals surface area contributed by atoms with E-state index in [0.29, 0.717) is 11.7 Å². The molecular formula is C9H9ClN4S. The van der Waals surface area contributed by atoms with Crippen LogP contribution >= 0.6 is 22.9 Å². The van der Waals surface area contributed by atoms with Crippen LogP contribution in [0.4, 0.5) is 5.82 Å². The van der Waals surface area contributed by atoms with Crippen LogP contribution in [0.15, 0.2) is 18.0 Å². The molecule has 2 heterocycles. The third-order valence-corrected chi connectivity index (χ3v) is 3.10. The van der Waals surface area contributed by atoms with Crippen molar-refractivity contribution in [1.29, 1.82) is 0 Å². The van der Waals surface area contributed by atoms with Gasteiger partial charge in [0.15, 0.2) is 0 Å². The van der Waals surface area contributed by atoms with E-state index in [2.05, 4.69) is 20.3 Å². The monoisotopic (exact) mass is 240 g/mol. The Morgan fingerprint density at radius 2 is 2.33 bits per heavy atom. The van der Waals surface area contributed by atoms with Crippen molar-refractivity contribution in [3.05, 3.63) is 33.6 Å². The number of aromatic nitrogens is 3. The fourth-order valence-electron chi connectivity index (χ4n) is 1.11. The average molecular weight is 241 g/mol. The topological polar surface area (TPSA) is 50.7 Å². The smallest absolute Gasteiger partial charge is 0.137 e. The molecule has 0 unspecified atom stereocenters. The van der Waals surface area contributed by atoms with Crippen molar-refractivity contribution < 1.29 is 0 Å². The number of anilines is 1. The lowest BCUT2D eigenvalue weighted by Gasteiger charge is -2.06. The van der Waals surface area contributed by atoms with Crippen molar-refractivity contribution in [2.24, 2.45) is 0 Å². The first kappa shape index (κ1) is 10.3. The van der Waals surface area contributed by atoms with Crippen LogP contribution in [0.1, 0.15) is 10.4 Å². The number of nitrogens with one attached hydrogen (secondary N) is 1. The standard InChI is InChI=1S/C9H9ClN4S/c1-6-8(10)13-4-14-9(6)12-3-7-2-11-5-15-7/h2,4-5H,3H2,1H3,(H,12,13,14). The second-order valence-corrected chi connectivity index (χ2v) is 4.29. The second-order valence-electron chi connectivity index (χ2n) is 2.96. The summed E-state index contributed by atoms with van der Waals surface area (Å²) >= 11 is 7.48. The molecule has 0 radical (unpaired) electrons. The highest BCUT2D eigenvalue weighted by atomic mass is 35.5. The molecule has 0 amide bonds. The lowest BCUT2D eigenvalue weighted by atomic mass is 10.3. The molecule has 0 fully saturated rings. The number of hydrogen-bond donors (Lipinski definition) is 1. The Morgan fingerprint density at radius 3 is 3.07 bits per heavy atom. The van der Waals surface area contributed by atoms with Crippen molar-refractivity contribution in [3.8, 4) is 0 Å². The first-order chi connectivity index (χ1) is 7.27. The van der Waals surface area contributed by atoms with Crippen molar-refractivity contribution >= 4 is 28.8 Å². The van der Waals surface area contributed by atoms with Gasteiger partial charge in [0.05, 0.1) is 12.1 Å². The fraction of sp³-hybridized carbons (Fsp3) is 0.222. The van der Waals surface area contributed by atoms with Gasteiger partial charge in [-0.2, -0.15) is 0 Å². The van der Waals surface area contributed by atoms with Gasteiger partial charge in [-0.05, 0) is 6.92 Å². The van der Waals surface area contributed by atoms with Crippen LogP contribution in [0.2, 0.25) is 5.15 Å². The minimum absolute atomic E-state index is 0.483. The lowest BCUT2D eigenvalue weighted by molar-refractivity contribution is 1.07. The Bertz CT molecular complexity index is 443. The number of nitrogens with zero attached hydrogens (tertiary/aromatic N) is 3. The van der Waals surface area contributed by atoms with Crippen LogP contribution in [0.3, 0.4) is 0 Å². The van der Waals surface area contributed by atoms with E-state index in [9.17, 15) is 0 Å². The van der Waals surface area contributed by atoms with Crippen LogP contribution in [0.5, 0.6) is 0 Å². The molecule has 2 aromatic heterocycles. The summed E-state index contributed by atoms with van der Waals surface area (Å²) in [5.74, 6) is 0.767. The summed E-state index contributed by atoms with van der Waals surface area (Å²) in [6.07, 6.45) is 3.28. The Kier molecular flexibility index (Phi) is 3.13. The molecule has 0 spiro atoms. The molecule has 15 heavy (non-hydrogen) atoms. The molecule has 2 rings (SSSR count). The van der Waals surface area contributed by atoms with E-state index in [0.717, 1.165) is 16.3 Å². The summed E-state index contributed by atoms with van der Waals surface area (Å²) in [5.41, 5.74) is 2.67. The average Bonchev–Trinajstić information content (AvgIpc) is 2.73. The molecule has 0 bridgehead atoms. The molecule has 0 aromatic carbocycles. The van der Waals surface area contributed by atoms with E-state index in [1.54, 1.807) is 16.8 Å². The van der Waals surface area contributed by atoms with E-state index < -0.39 is 0 Å². The van der Waals surface area contributed by atoms with Gasteiger partial charge in [0.25, 0.3) is 0 Å². The minimum atomic E-state index is 0.483. The number of thiazole rings is 1. The van der Waals surface area contributed by atoms with Gasteiger partial charge in [-0.1, -0.05) is 11.6 Å². The maximum Gasteiger partial charge on any atom is 0.137 e. The van der Waals surface area contributed by atoms with Crippen molar-refractivity contribution in [3.63, 3.8) is 0 Å². The predicted molar refractivity (Wildman–Crippen MR) is 61.2 cm³/mol. The maximum absolute atomic E-state index is 5.87. The third kappa shape index (κ3) is 2.43. The van der Waals surface area contributed by atoms with Crippen LogP contribution in [-0.4, -0.2) is 15.0 Å². The van der Waals surface area contributed by atoms with Gasteiger partial charge in [0.1, 0.15) is 17.3 Å².